The van der Waals surface area contributed by atoms with E-state index in [1.807, 2.05) is 6.08 Å². The summed E-state index contributed by atoms with van der Waals surface area (Å²) in [7, 11) is 0. The number of nitrogens with two attached hydrogens (primary N) is 1. The van der Waals surface area contributed by atoms with Gasteiger partial charge < -0.3 is 25.0 Å². The molecule has 0 bridgehead atoms. The lowest BCUT2D eigenvalue weighted by Gasteiger charge is -2.27. The molecule has 1 aromatic heterocycles. The Morgan fingerprint density at radius 3 is 2.67 bits per heavy atom. The minimum Gasteiger partial charge on any atom is -0.449 e. The highest BCUT2D eigenvalue weighted by molar-refractivity contribution is 5.86. The number of carbonyl (C=O) groups is 1. The van der Waals surface area contributed by atoms with Crippen LogP contribution in [0.15, 0.2) is 29.2 Å². The number of anilines is 1. The van der Waals surface area contributed by atoms with E-state index < -0.39 is 46.6 Å². The first-order chi connectivity index (χ1) is 15.3. The Kier molecular flexibility index (Phi) is 6.09. The first-order valence-electron chi connectivity index (χ1n) is 10.5. The smallest absolute Gasteiger partial charge is 0.449 e. The Bertz CT molecular complexity index is 1200. The van der Waals surface area contributed by atoms with E-state index in [-0.39, 0.29) is 47.8 Å². The van der Waals surface area contributed by atoms with E-state index in [2.05, 4.69) is 10.8 Å². The Morgan fingerprint density at radius 2 is 2.03 bits per heavy atom. The highest BCUT2D eigenvalue weighted by atomic mass is 35.5. The second-order valence-electron chi connectivity index (χ2n) is 8.73. The molecule has 1 saturated carbocycles. The van der Waals surface area contributed by atoms with Crippen LogP contribution in [0.3, 0.4) is 0 Å². The number of carboxylic acid groups (broad SMARTS) is 1. The molecule has 5 rings (SSSR count). The van der Waals surface area contributed by atoms with Crippen molar-refractivity contribution in [2.24, 2.45) is 23.5 Å². The second kappa shape index (κ2) is 8.57. The van der Waals surface area contributed by atoms with Crippen molar-refractivity contribution in [1.82, 2.24) is 4.57 Å². The van der Waals surface area contributed by atoms with Crippen LogP contribution in [0.25, 0.3) is 10.9 Å². The summed E-state index contributed by atoms with van der Waals surface area (Å²) < 4.78 is 50.6. The van der Waals surface area contributed by atoms with E-state index in [0.717, 1.165) is 23.3 Å². The van der Waals surface area contributed by atoms with Crippen LogP contribution in [-0.2, 0) is 0 Å². The Labute approximate surface area is 193 Å². The summed E-state index contributed by atoms with van der Waals surface area (Å²) >= 11 is 0. The van der Waals surface area contributed by atoms with Crippen LogP contribution in [0.5, 0.6) is 5.75 Å². The molecule has 2 fully saturated rings. The van der Waals surface area contributed by atoms with Gasteiger partial charge in [0.25, 0.3) is 0 Å². The third kappa shape index (κ3) is 3.85. The first kappa shape index (κ1) is 23.4. The third-order valence-corrected chi connectivity index (χ3v) is 6.85. The summed E-state index contributed by atoms with van der Waals surface area (Å²) in [4.78, 5) is 25.3. The van der Waals surface area contributed by atoms with Crippen molar-refractivity contribution in [2.75, 3.05) is 24.5 Å². The molecule has 5 atom stereocenters. The van der Waals surface area contributed by atoms with Crippen molar-refractivity contribution < 1.29 is 27.8 Å². The second-order valence-corrected chi connectivity index (χ2v) is 8.73. The molecule has 2 aliphatic carbocycles. The Balaban J connectivity index is 0.00000259. The summed E-state index contributed by atoms with van der Waals surface area (Å²) in [5, 5.41) is 8.50. The topological polar surface area (TPSA) is 97.8 Å². The van der Waals surface area contributed by atoms with Crippen LogP contribution in [0.1, 0.15) is 18.9 Å². The van der Waals surface area contributed by atoms with Crippen LogP contribution in [0, 0.1) is 29.4 Å². The predicted molar refractivity (Wildman–Crippen MR) is 118 cm³/mol. The zero-order valence-electron chi connectivity index (χ0n) is 17.4. The summed E-state index contributed by atoms with van der Waals surface area (Å²) in [6.07, 6.45) is 2.96. The van der Waals surface area contributed by atoms with Gasteiger partial charge in [-0.25, -0.2) is 18.0 Å². The van der Waals surface area contributed by atoms with Gasteiger partial charge in [0.15, 0.2) is 11.6 Å². The lowest BCUT2D eigenvalue weighted by molar-refractivity contribution is 0.143. The molecule has 178 valence electrons. The van der Waals surface area contributed by atoms with Crippen molar-refractivity contribution in [3.8, 4) is 5.75 Å². The van der Waals surface area contributed by atoms with E-state index in [1.165, 1.54) is 0 Å². The maximum atomic E-state index is 15.8. The summed E-state index contributed by atoms with van der Waals surface area (Å²) in [6, 6.07) is 0.0996. The van der Waals surface area contributed by atoms with Crippen LogP contribution < -0.4 is 20.8 Å². The van der Waals surface area contributed by atoms with E-state index in [1.54, 1.807) is 4.90 Å². The van der Waals surface area contributed by atoms with Gasteiger partial charge in [-0.2, -0.15) is 0 Å². The van der Waals surface area contributed by atoms with Crippen molar-refractivity contribution in [3.63, 3.8) is 0 Å². The molecule has 7 nitrogen and oxygen atoms in total. The number of rotatable bonds is 4. The van der Waals surface area contributed by atoms with Crippen LogP contribution >= 0.6 is 12.4 Å². The van der Waals surface area contributed by atoms with Crippen molar-refractivity contribution >= 4 is 35.2 Å². The summed E-state index contributed by atoms with van der Waals surface area (Å²) in [5.41, 5.74) is 4.39. The van der Waals surface area contributed by atoms with Gasteiger partial charge in [-0.05, 0) is 36.8 Å². The number of hydrogen-bond donors (Lipinski definition) is 2. The standard InChI is InChI=1S/C22H22F3N3O4.ClH/c23-14-5-16(14)28-9-17(32-22(30)31)21(29)12-4-15(24)20(18(25)19(12)28)27-7-11-3-1-2-10(6-26)13(11)8-27;/h1,3-4,9-11,13-14,16H,2,5-8,26H2,(H,30,31);1H. The van der Waals surface area contributed by atoms with E-state index in [9.17, 15) is 14.0 Å². The predicted octanol–water partition coefficient (Wildman–Crippen LogP) is 3.63. The molecule has 0 spiro atoms. The van der Waals surface area contributed by atoms with Crippen LogP contribution in [0.2, 0.25) is 0 Å². The fourth-order valence-corrected chi connectivity index (χ4v) is 5.18. The molecular weight excluding hydrogens is 463 g/mol. The van der Waals surface area contributed by atoms with E-state index in [0.29, 0.717) is 19.6 Å². The molecule has 11 heteroatoms. The van der Waals surface area contributed by atoms with Crippen molar-refractivity contribution in [3.05, 3.63) is 46.3 Å². The average Bonchev–Trinajstić information content (AvgIpc) is 3.31. The Hall–Kier alpha value is -2.72. The molecule has 0 amide bonds. The zero-order valence-corrected chi connectivity index (χ0v) is 18.2. The number of nitrogens with zero attached hydrogens (tertiary/aromatic N) is 2. The fraction of sp³-hybridized carbons (Fsp3) is 0.455. The average molecular weight is 486 g/mol. The van der Waals surface area contributed by atoms with Gasteiger partial charge in [-0.1, -0.05) is 12.2 Å². The molecule has 1 aliphatic heterocycles. The summed E-state index contributed by atoms with van der Waals surface area (Å²) in [5.74, 6) is -2.05. The number of benzene rings is 1. The number of allylic oxidation sites excluding steroid dienone is 1. The van der Waals surface area contributed by atoms with Gasteiger partial charge in [0.1, 0.15) is 17.7 Å². The fourth-order valence-electron chi connectivity index (χ4n) is 5.18. The number of aromatic nitrogens is 1. The molecule has 3 N–H and O–H groups in total. The maximum absolute atomic E-state index is 15.8. The lowest BCUT2D eigenvalue weighted by Crippen LogP contribution is -2.30. The van der Waals surface area contributed by atoms with Gasteiger partial charge in [0, 0.05) is 19.5 Å². The summed E-state index contributed by atoms with van der Waals surface area (Å²) in [6.45, 7) is 1.29. The monoisotopic (exact) mass is 485 g/mol. The number of alkyl halides is 1. The van der Waals surface area contributed by atoms with Crippen molar-refractivity contribution in [2.45, 2.75) is 25.1 Å². The Morgan fingerprint density at radius 1 is 1.30 bits per heavy atom. The quantitative estimate of drug-likeness (QED) is 0.507. The van der Waals surface area contributed by atoms with Crippen LogP contribution in [-0.4, -0.2) is 41.6 Å². The van der Waals surface area contributed by atoms with Crippen LogP contribution in [0.4, 0.5) is 23.7 Å². The number of ether oxygens (including phenoxy) is 1. The largest absolute Gasteiger partial charge is 0.511 e. The molecule has 0 radical (unpaired) electrons. The van der Waals surface area contributed by atoms with Gasteiger partial charge in [-0.3, -0.25) is 4.79 Å². The molecule has 1 aromatic carbocycles. The third-order valence-electron chi connectivity index (χ3n) is 6.85. The lowest BCUT2D eigenvalue weighted by atomic mass is 9.78. The minimum atomic E-state index is -1.75. The maximum Gasteiger partial charge on any atom is 0.511 e. The van der Waals surface area contributed by atoms with Gasteiger partial charge >= 0.3 is 6.16 Å². The number of hydrogen-bond acceptors (Lipinski definition) is 5. The molecule has 2 aromatic rings. The number of pyridine rings is 1. The SMILES string of the molecule is Cl.NCC1CC=CC2CN(c3c(F)cc4c(=O)c(OC(=O)O)cn(C5CC5F)c4c3F)CC21. The molecular formula is C22H23ClF3N3O4. The van der Waals surface area contributed by atoms with Gasteiger partial charge in [-0.15, -0.1) is 12.4 Å². The first-order valence-corrected chi connectivity index (χ1v) is 10.5. The van der Waals surface area contributed by atoms with Crippen molar-refractivity contribution in [1.29, 1.82) is 0 Å². The zero-order chi connectivity index (χ0) is 22.7. The van der Waals surface area contributed by atoms with E-state index >= 15 is 8.78 Å². The van der Waals surface area contributed by atoms with Gasteiger partial charge in [0.05, 0.1) is 23.1 Å². The molecule has 5 unspecified atom stereocenters. The molecule has 2 heterocycles. The minimum absolute atomic E-state index is 0. The molecule has 33 heavy (non-hydrogen) atoms. The van der Waals surface area contributed by atoms with Gasteiger partial charge in [0.2, 0.25) is 5.43 Å². The normalized spacial score (nSPS) is 27.9. The molecule has 3 aliphatic rings. The highest BCUT2D eigenvalue weighted by Crippen LogP contribution is 2.44. The number of fused-ring (bicyclic) bond motifs is 2. The molecule has 1 saturated heterocycles. The number of halogens is 4. The highest BCUT2D eigenvalue weighted by Gasteiger charge is 2.42. The van der Waals surface area contributed by atoms with E-state index in [4.69, 9.17) is 10.8 Å².